The molecule has 1 heterocycles. The van der Waals surface area contributed by atoms with Crippen molar-refractivity contribution in [1.82, 2.24) is 15.0 Å². The van der Waals surface area contributed by atoms with Crippen LogP contribution in [-0.2, 0) is 19.3 Å². The van der Waals surface area contributed by atoms with Crippen LogP contribution in [-0.4, -0.2) is 30.3 Å². The van der Waals surface area contributed by atoms with Gasteiger partial charge in [0, 0.05) is 0 Å². The number of phenolic OH excluding ortho intramolecular Hbond substituents is 3. The van der Waals surface area contributed by atoms with Crippen LogP contribution in [0.15, 0.2) is 36.4 Å². The van der Waals surface area contributed by atoms with Gasteiger partial charge in [0.15, 0.2) is 17.5 Å². The molecule has 0 saturated carbocycles. The van der Waals surface area contributed by atoms with E-state index in [1.165, 1.54) is 57.8 Å². The Morgan fingerprint density at radius 3 is 0.917 bits per heavy atom. The Morgan fingerprint density at radius 1 is 0.396 bits per heavy atom. The number of phenols is 3. The SMILES string of the molecule is CCCCCCc1ccc(-c2nc(-c3ccc(CCCCCC)c(C)c3O)nc(-c3ccc(CCCCCC)c(C)c3O)n2)c(O)c1C. The lowest BCUT2D eigenvalue weighted by atomic mass is 9.97. The van der Waals surface area contributed by atoms with E-state index in [0.29, 0.717) is 34.2 Å². The number of aromatic nitrogens is 3. The van der Waals surface area contributed by atoms with E-state index in [2.05, 4.69) is 39.0 Å². The lowest BCUT2D eigenvalue weighted by Gasteiger charge is -2.16. The molecule has 1 aromatic heterocycles. The second-order valence-electron chi connectivity index (χ2n) is 13.5. The summed E-state index contributed by atoms with van der Waals surface area (Å²) >= 11 is 0. The summed E-state index contributed by atoms with van der Waals surface area (Å²) in [6.07, 6.45) is 16.6. The Hall–Kier alpha value is -3.93. The molecule has 0 atom stereocenters. The fourth-order valence-corrected chi connectivity index (χ4v) is 6.54. The molecule has 0 unspecified atom stereocenters. The Kier molecular flexibility index (Phi) is 13.8. The Morgan fingerprint density at radius 2 is 0.667 bits per heavy atom. The topological polar surface area (TPSA) is 99.4 Å². The molecule has 4 rings (SSSR count). The van der Waals surface area contributed by atoms with Crippen LogP contribution in [0.3, 0.4) is 0 Å². The van der Waals surface area contributed by atoms with E-state index in [1.807, 2.05) is 39.0 Å². The second-order valence-corrected chi connectivity index (χ2v) is 13.5. The average molecular weight is 652 g/mol. The third-order valence-corrected chi connectivity index (χ3v) is 9.89. The number of aryl methyl sites for hydroxylation is 3. The summed E-state index contributed by atoms with van der Waals surface area (Å²) in [5.74, 6) is 1.35. The zero-order valence-electron chi connectivity index (χ0n) is 30.3. The van der Waals surface area contributed by atoms with Crippen LogP contribution < -0.4 is 0 Å². The first-order chi connectivity index (χ1) is 23.2. The van der Waals surface area contributed by atoms with Gasteiger partial charge in [-0.15, -0.1) is 0 Å². The van der Waals surface area contributed by atoms with Gasteiger partial charge in [-0.3, -0.25) is 0 Å². The maximum Gasteiger partial charge on any atom is 0.167 e. The molecule has 6 heteroatoms. The molecule has 0 bridgehead atoms. The minimum atomic E-state index is 0.150. The fraction of sp³-hybridized carbons (Fsp3) is 0.500. The van der Waals surface area contributed by atoms with E-state index in [4.69, 9.17) is 15.0 Å². The number of benzene rings is 3. The number of unbranched alkanes of at least 4 members (excludes halogenated alkanes) is 9. The van der Waals surface area contributed by atoms with Gasteiger partial charge in [0.05, 0.1) is 16.7 Å². The summed E-state index contributed by atoms with van der Waals surface area (Å²) in [5, 5.41) is 34.4. The molecule has 0 aliphatic rings. The van der Waals surface area contributed by atoms with Crippen molar-refractivity contribution in [2.24, 2.45) is 0 Å². The van der Waals surface area contributed by atoms with E-state index in [-0.39, 0.29) is 17.2 Å². The molecule has 0 amide bonds. The first-order valence-corrected chi connectivity index (χ1v) is 18.4. The third kappa shape index (κ3) is 8.94. The van der Waals surface area contributed by atoms with Crippen LogP contribution in [0.2, 0.25) is 0 Å². The lowest BCUT2D eigenvalue weighted by molar-refractivity contribution is 0.471. The normalized spacial score (nSPS) is 11.4. The highest BCUT2D eigenvalue weighted by Gasteiger charge is 2.22. The Bertz CT molecular complexity index is 1460. The predicted molar refractivity (Wildman–Crippen MR) is 199 cm³/mol. The third-order valence-electron chi connectivity index (χ3n) is 9.89. The van der Waals surface area contributed by atoms with E-state index < -0.39 is 0 Å². The molecule has 0 fully saturated rings. The van der Waals surface area contributed by atoms with Crippen molar-refractivity contribution in [3.05, 3.63) is 69.8 Å². The summed E-state index contributed by atoms with van der Waals surface area (Å²) in [4.78, 5) is 14.5. The zero-order valence-corrected chi connectivity index (χ0v) is 30.3. The lowest BCUT2D eigenvalue weighted by Crippen LogP contribution is -2.03. The van der Waals surface area contributed by atoms with E-state index >= 15 is 0 Å². The zero-order chi connectivity index (χ0) is 34.6. The van der Waals surface area contributed by atoms with Gasteiger partial charge in [-0.2, -0.15) is 0 Å². The van der Waals surface area contributed by atoms with E-state index in [1.54, 1.807) is 0 Å². The van der Waals surface area contributed by atoms with Crippen LogP contribution in [0.25, 0.3) is 34.2 Å². The van der Waals surface area contributed by atoms with Crippen LogP contribution in [0, 0.1) is 20.8 Å². The Labute approximate surface area is 288 Å². The van der Waals surface area contributed by atoms with Crippen molar-refractivity contribution in [1.29, 1.82) is 0 Å². The molecule has 4 aromatic rings. The molecule has 3 N–H and O–H groups in total. The van der Waals surface area contributed by atoms with Crippen molar-refractivity contribution < 1.29 is 15.3 Å². The van der Waals surface area contributed by atoms with Crippen LogP contribution >= 0.6 is 0 Å². The number of rotatable bonds is 18. The van der Waals surface area contributed by atoms with Gasteiger partial charge in [-0.1, -0.05) is 96.8 Å². The molecule has 0 radical (unpaired) electrons. The molecule has 48 heavy (non-hydrogen) atoms. The minimum Gasteiger partial charge on any atom is -0.507 e. The number of aromatic hydroxyl groups is 3. The molecule has 0 aliphatic carbocycles. The smallest absolute Gasteiger partial charge is 0.167 e. The minimum absolute atomic E-state index is 0.150. The highest BCUT2D eigenvalue weighted by molar-refractivity contribution is 5.76. The quantitative estimate of drug-likeness (QED) is 0.0926. The summed E-state index contributed by atoms with van der Waals surface area (Å²) in [6, 6.07) is 11.8. The number of hydrogen-bond acceptors (Lipinski definition) is 6. The molecule has 6 nitrogen and oxygen atoms in total. The monoisotopic (exact) mass is 651 g/mol. The number of nitrogens with zero attached hydrogens (tertiary/aromatic N) is 3. The maximum atomic E-state index is 11.5. The highest BCUT2D eigenvalue weighted by atomic mass is 16.3. The standard InChI is InChI=1S/C42H57N3O3/c1-7-10-13-16-19-31-22-25-34(37(46)28(31)4)40-43-41(35-26-23-32(29(5)38(35)47)20-17-14-11-8-2)45-42(44-40)36-27-24-33(30(6)39(36)48)21-18-15-12-9-3/h22-27,46-48H,7-21H2,1-6H3. The van der Waals surface area contributed by atoms with Crippen molar-refractivity contribution in [3.8, 4) is 51.4 Å². The van der Waals surface area contributed by atoms with Crippen molar-refractivity contribution in [3.63, 3.8) is 0 Å². The molecular formula is C42H57N3O3. The second kappa shape index (κ2) is 18.0. The van der Waals surface area contributed by atoms with Gasteiger partial charge in [0.25, 0.3) is 0 Å². The van der Waals surface area contributed by atoms with Gasteiger partial charge in [-0.05, 0) is 111 Å². The van der Waals surface area contributed by atoms with Crippen LogP contribution in [0.4, 0.5) is 0 Å². The molecule has 258 valence electrons. The first-order valence-electron chi connectivity index (χ1n) is 18.4. The molecule has 0 aliphatic heterocycles. The Balaban J connectivity index is 1.80. The summed E-state index contributed by atoms with van der Waals surface area (Å²) in [5.41, 5.74) is 7.33. The summed E-state index contributed by atoms with van der Waals surface area (Å²) in [6.45, 7) is 12.4. The van der Waals surface area contributed by atoms with Gasteiger partial charge >= 0.3 is 0 Å². The van der Waals surface area contributed by atoms with Crippen molar-refractivity contribution >= 4 is 0 Å². The van der Waals surface area contributed by atoms with Crippen LogP contribution in [0.1, 0.15) is 131 Å². The van der Waals surface area contributed by atoms with Crippen molar-refractivity contribution in [2.75, 3.05) is 0 Å². The first kappa shape index (κ1) is 36.9. The molecule has 0 spiro atoms. The van der Waals surface area contributed by atoms with Crippen molar-refractivity contribution in [2.45, 2.75) is 138 Å². The average Bonchev–Trinajstić information content (AvgIpc) is 3.08. The summed E-state index contributed by atoms with van der Waals surface area (Å²) in [7, 11) is 0. The molecule has 3 aromatic carbocycles. The van der Waals surface area contributed by atoms with E-state index in [9.17, 15) is 15.3 Å². The van der Waals surface area contributed by atoms with Gasteiger partial charge in [0.1, 0.15) is 17.2 Å². The molecular weight excluding hydrogens is 594 g/mol. The largest absolute Gasteiger partial charge is 0.507 e. The van der Waals surface area contributed by atoms with Gasteiger partial charge < -0.3 is 15.3 Å². The van der Waals surface area contributed by atoms with Crippen LogP contribution in [0.5, 0.6) is 17.2 Å². The van der Waals surface area contributed by atoms with Gasteiger partial charge in [0.2, 0.25) is 0 Å². The fourth-order valence-electron chi connectivity index (χ4n) is 6.54. The highest BCUT2D eigenvalue weighted by Crippen LogP contribution is 2.39. The number of hydrogen-bond donors (Lipinski definition) is 3. The predicted octanol–water partition coefficient (Wildman–Crippen LogP) is 11.3. The van der Waals surface area contributed by atoms with Gasteiger partial charge in [-0.25, -0.2) is 15.0 Å². The van der Waals surface area contributed by atoms with E-state index in [0.717, 1.165) is 71.9 Å². The maximum absolute atomic E-state index is 11.5. The molecule has 0 saturated heterocycles. The summed E-state index contributed by atoms with van der Waals surface area (Å²) < 4.78 is 0.